The van der Waals surface area contributed by atoms with E-state index in [1.807, 2.05) is 24.3 Å². The van der Waals surface area contributed by atoms with Crippen molar-refractivity contribution < 1.29 is 52.2 Å². The van der Waals surface area contributed by atoms with Crippen LogP contribution in [-0.4, -0.2) is 66.5 Å². The van der Waals surface area contributed by atoms with Crippen LogP contribution in [0.5, 0.6) is 0 Å². The van der Waals surface area contributed by atoms with Gasteiger partial charge in [0, 0.05) is 19.3 Å². The van der Waals surface area contributed by atoms with Crippen LogP contribution in [0.25, 0.3) is 0 Å². The minimum Gasteiger partial charge on any atom is -0.462 e. The van der Waals surface area contributed by atoms with Crippen molar-refractivity contribution in [3.8, 4) is 0 Å². The molecule has 0 amide bonds. The molecule has 0 heterocycles. The normalized spacial score (nSPS) is 14.5. The molecular weight excluding hydrogens is 952 g/mol. The van der Waals surface area contributed by atoms with Gasteiger partial charge in [-0.05, 0) is 96.3 Å². The van der Waals surface area contributed by atoms with Gasteiger partial charge in [0.2, 0.25) is 0 Å². The number of hydrogen-bond donors (Lipinski definition) is 2. The third kappa shape index (κ3) is 52.2. The van der Waals surface area contributed by atoms with Crippen molar-refractivity contribution in [2.75, 3.05) is 26.4 Å². The van der Waals surface area contributed by atoms with Crippen molar-refractivity contribution in [3.05, 3.63) is 146 Å². The lowest BCUT2D eigenvalue weighted by Crippen LogP contribution is -2.30. The van der Waals surface area contributed by atoms with E-state index in [2.05, 4.69) is 142 Å². The van der Waals surface area contributed by atoms with Gasteiger partial charge in [-0.15, -0.1) is 0 Å². The molecule has 0 aliphatic carbocycles. The van der Waals surface area contributed by atoms with E-state index in [1.54, 1.807) is 0 Å². The summed E-state index contributed by atoms with van der Waals surface area (Å²) in [6.07, 6.45) is 70.0. The Hall–Kier alpha value is -4.64. The monoisotopic (exact) mass is 1050 g/mol. The van der Waals surface area contributed by atoms with E-state index in [0.29, 0.717) is 25.7 Å². The van der Waals surface area contributed by atoms with Gasteiger partial charge in [-0.3, -0.25) is 23.4 Å². The molecule has 0 aliphatic rings. The molecular formula is C62H97O11P. The first kappa shape index (κ1) is 69.4. The van der Waals surface area contributed by atoms with Crippen LogP contribution in [0, 0.1) is 0 Å². The average Bonchev–Trinajstić information content (AvgIpc) is 3.39. The van der Waals surface area contributed by atoms with Crippen molar-refractivity contribution in [1.82, 2.24) is 0 Å². The molecule has 0 fully saturated rings. The number of unbranched alkanes of at least 4 members (excludes halogenated alkanes) is 8. The quantitative estimate of drug-likeness (QED) is 0.0197. The van der Waals surface area contributed by atoms with E-state index in [-0.39, 0.29) is 19.3 Å². The first-order valence-electron chi connectivity index (χ1n) is 27.7. The van der Waals surface area contributed by atoms with Gasteiger partial charge in [-0.2, -0.15) is 0 Å². The van der Waals surface area contributed by atoms with Crippen LogP contribution in [0.2, 0.25) is 0 Å². The molecule has 3 unspecified atom stereocenters. The number of carbonyl (C=O) groups is 3. The minimum atomic E-state index is -4.79. The molecule has 12 heteroatoms. The fourth-order valence-corrected chi connectivity index (χ4v) is 7.43. The number of rotatable bonds is 49. The van der Waals surface area contributed by atoms with Crippen LogP contribution in [0.3, 0.4) is 0 Å². The highest BCUT2D eigenvalue weighted by atomic mass is 31.2. The predicted molar refractivity (Wildman–Crippen MR) is 306 cm³/mol. The lowest BCUT2D eigenvalue weighted by Gasteiger charge is -2.21. The maximum absolute atomic E-state index is 12.9. The van der Waals surface area contributed by atoms with Crippen LogP contribution >= 0.6 is 7.82 Å². The zero-order chi connectivity index (χ0) is 54.1. The van der Waals surface area contributed by atoms with Crippen LogP contribution < -0.4 is 0 Å². The average molecular weight is 1050 g/mol. The molecule has 0 saturated heterocycles. The largest absolute Gasteiger partial charge is 0.472 e. The molecule has 0 radical (unpaired) electrons. The Labute approximate surface area is 448 Å². The van der Waals surface area contributed by atoms with Gasteiger partial charge in [0.25, 0.3) is 0 Å². The van der Waals surface area contributed by atoms with Gasteiger partial charge in [-0.1, -0.05) is 218 Å². The van der Waals surface area contributed by atoms with E-state index >= 15 is 0 Å². The topological polar surface area (TPSA) is 155 Å². The summed E-state index contributed by atoms with van der Waals surface area (Å²) in [6, 6.07) is 0. The SMILES string of the molecule is CC/C=C\C/C=C\C/C=C\C/C=C\C/C=C\C/C=C\CCC(=O)OCC(COP(=O)(O)OCC(CO)OC(=O)CCCCCCCCCCC)OC(=O)CC/C=C\C/C=C\C/C=C\C/C=C\C/C=C\C/C=C\CC. The Morgan fingerprint density at radius 1 is 0.392 bits per heavy atom. The Balaban J connectivity index is 4.98. The summed E-state index contributed by atoms with van der Waals surface area (Å²) >= 11 is 0. The van der Waals surface area contributed by atoms with Crippen molar-refractivity contribution in [2.45, 2.75) is 200 Å². The Kier molecular flexibility index (Phi) is 51.2. The number of allylic oxidation sites excluding steroid dienone is 24. The predicted octanol–water partition coefficient (Wildman–Crippen LogP) is 16.4. The standard InChI is InChI=1S/C62H97O11P/c1-4-7-10-13-16-19-21-23-25-27-29-31-33-35-37-40-42-45-48-51-60(64)69-55-59(57-71-74(67,68)70-56-58(54-63)72-61(65)52-49-46-43-39-18-15-12-9-6-3)73-62(66)53-50-47-44-41-38-36-34-32-30-28-26-24-22-20-17-14-11-8-5-2/h7-8,10-11,16-17,19-20,23-26,29-32,35-38,42,44-45,47,58-59,63H,4-6,9,12-15,18,21-22,27-28,33-34,39-41,43,46,48-57H2,1-3H3,(H,67,68)/b10-7-,11-8-,19-16-,20-17-,25-23-,26-24-,31-29-,32-30-,37-35-,38-36-,45-42-,47-44-. The highest BCUT2D eigenvalue weighted by Crippen LogP contribution is 2.43. The van der Waals surface area contributed by atoms with E-state index in [9.17, 15) is 28.9 Å². The van der Waals surface area contributed by atoms with E-state index in [4.69, 9.17) is 23.3 Å². The second kappa shape index (κ2) is 54.6. The van der Waals surface area contributed by atoms with E-state index in [1.165, 1.54) is 32.1 Å². The number of aliphatic hydroxyl groups is 1. The van der Waals surface area contributed by atoms with Crippen LogP contribution in [0.4, 0.5) is 0 Å². The minimum absolute atomic E-state index is 0.0190. The number of esters is 3. The lowest BCUT2D eigenvalue weighted by atomic mass is 10.1. The molecule has 0 saturated carbocycles. The van der Waals surface area contributed by atoms with Gasteiger partial charge in [0.05, 0.1) is 19.8 Å². The third-order valence-corrected chi connectivity index (χ3v) is 11.7. The maximum atomic E-state index is 12.9. The van der Waals surface area contributed by atoms with E-state index in [0.717, 1.165) is 89.9 Å². The zero-order valence-electron chi connectivity index (χ0n) is 45.7. The van der Waals surface area contributed by atoms with Gasteiger partial charge < -0.3 is 24.2 Å². The number of phosphoric ester groups is 1. The molecule has 0 aromatic carbocycles. The summed E-state index contributed by atoms with van der Waals surface area (Å²) in [4.78, 5) is 48.3. The molecule has 74 heavy (non-hydrogen) atoms. The van der Waals surface area contributed by atoms with Gasteiger partial charge in [-0.25, -0.2) is 4.57 Å². The second-order valence-corrected chi connectivity index (χ2v) is 19.1. The molecule has 2 N–H and O–H groups in total. The Morgan fingerprint density at radius 2 is 0.703 bits per heavy atom. The van der Waals surface area contributed by atoms with E-state index < -0.39 is 64.4 Å². The van der Waals surface area contributed by atoms with Crippen molar-refractivity contribution in [1.29, 1.82) is 0 Å². The van der Waals surface area contributed by atoms with Gasteiger partial charge in [0.15, 0.2) is 6.10 Å². The summed E-state index contributed by atoms with van der Waals surface area (Å²) < 4.78 is 39.2. The first-order chi connectivity index (χ1) is 36.2. The zero-order valence-corrected chi connectivity index (χ0v) is 46.6. The third-order valence-electron chi connectivity index (χ3n) is 10.8. The number of phosphoric acid groups is 1. The molecule has 3 atom stereocenters. The number of carbonyl (C=O) groups excluding carboxylic acids is 3. The molecule has 416 valence electrons. The van der Waals surface area contributed by atoms with Gasteiger partial charge in [0.1, 0.15) is 12.7 Å². The maximum Gasteiger partial charge on any atom is 0.472 e. The fraction of sp³-hybridized carbons (Fsp3) is 0.565. The highest BCUT2D eigenvalue weighted by molar-refractivity contribution is 7.47. The van der Waals surface area contributed by atoms with Gasteiger partial charge >= 0.3 is 25.7 Å². The summed E-state index contributed by atoms with van der Waals surface area (Å²) in [7, 11) is -4.79. The molecule has 0 rings (SSSR count). The van der Waals surface area contributed by atoms with Crippen LogP contribution in [0.15, 0.2) is 146 Å². The molecule has 0 aliphatic heterocycles. The summed E-state index contributed by atoms with van der Waals surface area (Å²) in [6.45, 7) is 4.19. The first-order valence-corrected chi connectivity index (χ1v) is 29.2. The number of aliphatic hydroxyl groups excluding tert-OH is 1. The molecule has 0 bridgehead atoms. The fourth-order valence-electron chi connectivity index (χ4n) is 6.64. The number of ether oxygens (including phenoxy) is 3. The lowest BCUT2D eigenvalue weighted by molar-refractivity contribution is -0.161. The second-order valence-electron chi connectivity index (χ2n) is 17.6. The molecule has 0 aromatic rings. The summed E-state index contributed by atoms with van der Waals surface area (Å²) in [5, 5.41) is 9.76. The molecule has 11 nitrogen and oxygen atoms in total. The van der Waals surface area contributed by atoms with Crippen LogP contribution in [-0.2, 0) is 42.2 Å². The van der Waals surface area contributed by atoms with Crippen molar-refractivity contribution in [2.24, 2.45) is 0 Å². The Bertz CT molecular complexity index is 1800. The summed E-state index contributed by atoms with van der Waals surface area (Å²) in [5.41, 5.74) is 0. The molecule has 0 spiro atoms. The highest BCUT2D eigenvalue weighted by Gasteiger charge is 2.28. The smallest absolute Gasteiger partial charge is 0.462 e. The Morgan fingerprint density at radius 3 is 1.08 bits per heavy atom. The van der Waals surface area contributed by atoms with Crippen molar-refractivity contribution in [3.63, 3.8) is 0 Å². The summed E-state index contributed by atoms with van der Waals surface area (Å²) in [5.74, 6) is -1.69. The molecule has 0 aromatic heterocycles. The van der Waals surface area contributed by atoms with Crippen molar-refractivity contribution >= 4 is 25.7 Å². The number of hydrogen-bond acceptors (Lipinski definition) is 10. The van der Waals surface area contributed by atoms with Crippen LogP contribution in [0.1, 0.15) is 188 Å².